The van der Waals surface area contributed by atoms with E-state index in [9.17, 15) is 9.18 Å². The largest absolute Gasteiger partial charge is 0.473 e. The molecule has 1 fully saturated rings. The second-order valence-electron chi connectivity index (χ2n) is 5.73. The summed E-state index contributed by atoms with van der Waals surface area (Å²) in [5.41, 5.74) is 0. The molecule has 2 aromatic rings. The number of hydrogen-bond acceptors (Lipinski definition) is 4. The van der Waals surface area contributed by atoms with Gasteiger partial charge in [-0.25, -0.2) is 9.37 Å². The monoisotopic (exact) mass is 424 g/mol. The second kappa shape index (κ2) is 8.67. The number of hydrogen-bond donors (Lipinski definition) is 0. The molecule has 0 spiro atoms. The Labute approximate surface area is 158 Å². The third-order valence-electron chi connectivity index (χ3n) is 3.97. The van der Waals surface area contributed by atoms with E-state index in [4.69, 9.17) is 4.74 Å². The SMILES string of the molecule is O=C(CSc1ccc(F)cc1)N1CCC(Oc2ncccc2Br)CC1. The molecule has 1 amide bonds. The van der Waals surface area contributed by atoms with E-state index in [1.54, 1.807) is 18.3 Å². The van der Waals surface area contributed by atoms with Gasteiger partial charge < -0.3 is 9.64 Å². The summed E-state index contributed by atoms with van der Waals surface area (Å²) < 4.78 is 19.6. The van der Waals surface area contributed by atoms with Crippen molar-refractivity contribution < 1.29 is 13.9 Å². The van der Waals surface area contributed by atoms with Crippen LogP contribution < -0.4 is 4.74 Å². The maximum atomic E-state index is 12.9. The third kappa shape index (κ3) is 5.19. The average molecular weight is 425 g/mol. The molecular formula is C18H18BrFN2O2S. The standard InChI is InChI=1S/C18H18BrFN2O2S/c19-16-2-1-9-21-18(16)24-14-7-10-22(11-8-14)17(23)12-25-15-5-3-13(20)4-6-15/h1-6,9,14H,7-8,10-12H2. The molecule has 1 saturated heterocycles. The van der Waals surface area contributed by atoms with Crippen LogP contribution in [0.25, 0.3) is 0 Å². The van der Waals surface area contributed by atoms with E-state index in [0.29, 0.717) is 24.7 Å². The van der Waals surface area contributed by atoms with Gasteiger partial charge in [-0.3, -0.25) is 4.79 Å². The molecule has 0 atom stereocenters. The first-order valence-corrected chi connectivity index (χ1v) is 9.83. The van der Waals surface area contributed by atoms with Gasteiger partial charge in [-0.1, -0.05) is 0 Å². The molecule has 2 heterocycles. The van der Waals surface area contributed by atoms with E-state index in [0.717, 1.165) is 22.2 Å². The molecule has 0 bridgehead atoms. The summed E-state index contributed by atoms with van der Waals surface area (Å²) in [7, 11) is 0. The summed E-state index contributed by atoms with van der Waals surface area (Å²) in [5.74, 6) is 0.798. The minimum absolute atomic E-state index is 0.0694. The number of carbonyl (C=O) groups is 1. The number of nitrogens with zero attached hydrogens (tertiary/aromatic N) is 2. The third-order valence-corrected chi connectivity index (χ3v) is 5.57. The molecule has 4 nitrogen and oxygen atoms in total. The van der Waals surface area contributed by atoms with Gasteiger partial charge in [0.05, 0.1) is 10.2 Å². The van der Waals surface area contributed by atoms with Crippen molar-refractivity contribution in [2.75, 3.05) is 18.8 Å². The first-order valence-electron chi connectivity index (χ1n) is 8.05. The zero-order chi connectivity index (χ0) is 17.6. The zero-order valence-electron chi connectivity index (χ0n) is 13.5. The van der Waals surface area contributed by atoms with Crippen molar-refractivity contribution in [2.45, 2.75) is 23.8 Å². The summed E-state index contributed by atoms with van der Waals surface area (Å²) in [6.07, 6.45) is 3.34. The first-order chi connectivity index (χ1) is 12.1. The predicted octanol–water partition coefficient (Wildman–Crippen LogP) is 4.15. The molecule has 0 saturated carbocycles. The van der Waals surface area contributed by atoms with Crippen LogP contribution in [-0.2, 0) is 4.79 Å². The quantitative estimate of drug-likeness (QED) is 0.676. The molecule has 1 aromatic heterocycles. The summed E-state index contributed by atoms with van der Waals surface area (Å²) in [5, 5.41) is 0. The molecule has 1 aliphatic heterocycles. The number of carbonyl (C=O) groups excluding carboxylic acids is 1. The number of pyridine rings is 1. The Morgan fingerprint density at radius 3 is 2.68 bits per heavy atom. The lowest BCUT2D eigenvalue weighted by Gasteiger charge is -2.32. The summed E-state index contributed by atoms with van der Waals surface area (Å²) in [6, 6.07) is 9.94. The molecule has 0 radical (unpaired) electrons. The topological polar surface area (TPSA) is 42.4 Å². The van der Waals surface area contributed by atoms with Gasteiger partial charge in [-0.15, -0.1) is 11.8 Å². The van der Waals surface area contributed by atoms with Crippen molar-refractivity contribution >= 4 is 33.6 Å². The lowest BCUT2D eigenvalue weighted by Crippen LogP contribution is -2.42. The number of piperidine rings is 1. The highest BCUT2D eigenvalue weighted by Gasteiger charge is 2.24. The van der Waals surface area contributed by atoms with Crippen LogP contribution in [-0.4, -0.2) is 40.7 Å². The Hall–Kier alpha value is -1.60. The number of benzene rings is 1. The second-order valence-corrected chi connectivity index (χ2v) is 7.63. The summed E-state index contributed by atoms with van der Waals surface area (Å²) >= 11 is 4.86. The highest BCUT2D eigenvalue weighted by molar-refractivity contribution is 9.10. The van der Waals surface area contributed by atoms with Crippen molar-refractivity contribution in [3.8, 4) is 5.88 Å². The van der Waals surface area contributed by atoms with Crippen molar-refractivity contribution in [3.05, 3.63) is 52.9 Å². The number of ether oxygens (including phenoxy) is 1. The number of halogens is 2. The molecule has 25 heavy (non-hydrogen) atoms. The maximum Gasteiger partial charge on any atom is 0.232 e. The summed E-state index contributed by atoms with van der Waals surface area (Å²) in [6.45, 7) is 1.36. The van der Waals surface area contributed by atoms with E-state index < -0.39 is 0 Å². The van der Waals surface area contributed by atoms with E-state index in [1.807, 2.05) is 17.0 Å². The summed E-state index contributed by atoms with van der Waals surface area (Å²) in [4.78, 5) is 19.3. The molecular weight excluding hydrogens is 407 g/mol. The van der Waals surface area contributed by atoms with Crippen LogP contribution in [0.3, 0.4) is 0 Å². The van der Waals surface area contributed by atoms with Gasteiger partial charge in [0.2, 0.25) is 11.8 Å². The Morgan fingerprint density at radius 1 is 1.28 bits per heavy atom. The Bertz CT molecular complexity index is 721. The minimum Gasteiger partial charge on any atom is -0.473 e. The zero-order valence-corrected chi connectivity index (χ0v) is 15.9. The predicted molar refractivity (Wildman–Crippen MR) is 99.3 cm³/mol. The van der Waals surface area contributed by atoms with Gasteiger partial charge >= 0.3 is 0 Å². The van der Waals surface area contributed by atoms with E-state index in [-0.39, 0.29) is 17.8 Å². The van der Waals surface area contributed by atoms with Gasteiger partial charge in [-0.05, 0) is 52.3 Å². The highest BCUT2D eigenvalue weighted by atomic mass is 79.9. The highest BCUT2D eigenvalue weighted by Crippen LogP contribution is 2.25. The van der Waals surface area contributed by atoms with Crippen LogP contribution >= 0.6 is 27.7 Å². The molecule has 0 unspecified atom stereocenters. The average Bonchev–Trinajstić information content (AvgIpc) is 2.63. The molecule has 132 valence electrons. The van der Waals surface area contributed by atoms with Gasteiger partial charge in [0.15, 0.2) is 0 Å². The Balaban J connectivity index is 1.44. The molecule has 3 rings (SSSR count). The fourth-order valence-electron chi connectivity index (χ4n) is 2.61. The number of amides is 1. The fraction of sp³-hybridized carbons (Fsp3) is 0.333. The molecule has 1 aliphatic rings. The van der Waals surface area contributed by atoms with Gasteiger partial charge in [0.1, 0.15) is 11.9 Å². The molecule has 0 aliphatic carbocycles. The molecule has 0 N–H and O–H groups in total. The fourth-order valence-corrected chi connectivity index (χ4v) is 3.76. The lowest BCUT2D eigenvalue weighted by molar-refractivity contribution is -0.130. The van der Waals surface area contributed by atoms with Crippen molar-refractivity contribution in [2.24, 2.45) is 0 Å². The first kappa shape index (κ1) is 18.2. The smallest absolute Gasteiger partial charge is 0.232 e. The van der Waals surface area contributed by atoms with Gasteiger partial charge in [0.25, 0.3) is 0 Å². The van der Waals surface area contributed by atoms with E-state index in [2.05, 4.69) is 20.9 Å². The van der Waals surface area contributed by atoms with Crippen molar-refractivity contribution in [1.29, 1.82) is 0 Å². The number of thioether (sulfide) groups is 1. The Kier molecular flexibility index (Phi) is 6.31. The van der Waals surface area contributed by atoms with Crippen molar-refractivity contribution in [1.82, 2.24) is 9.88 Å². The molecule has 1 aromatic carbocycles. The number of rotatable bonds is 5. The van der Waals surface area contributed by atoms with Crippen LogP contribution in [0.2, 0.25) is 0 Å². The van der Waals surface area contributed by atoms with Crippen LogP contribution in [0.5, 0.6) is 5.88 Å². The Morgan fingerprint density at radius 2 is 2.00 bits per heavy atom. The van der Waals surface area contributed by atoms with Crippen LogP contribution in [0.15, 0.2) is 52.0 Å². The van der Waals surface area contributed by atoms with E-state index in [1.165, 1.54) is 23.9 Å². The van der Waals surface area contributed by atoms with Crippen LogP contribution in [0.1, 0.15) is 12.8 Å². The number of aromatic nitrogens is 1. The lowest BCUT2D eigenvalue weighted by atomic mass is 10.1. The normalized spacial score (nSPS) is 15.2. The van der Waals surface area contributed by atoms with Crippen LogP contribution in [0, 0.1) is 5.82 Å². The van der Waals surface area contributed by atoms with Gasteiger partial charge in [-0.2, -0.15) is 0 Å². The van der Waals surface area contributed by atoms with E-state index >= 15 is 0 Å². The van der Waals surface area contributed by atoms with Gasteiger partial charge in [0, 0.05) is 37.0 Å². The van der Waals surface area contributed by atoms with Crippen LogP contribution in [0.4, 0.5) is 4.39 Å². The maximum absolute atomic E-state index is 12.9. The van der Waals surface area contributed by atoms with Crippen molar-refractivity contribution in [3.63, 3.8) is 0 Å². The number of likely N-dealkylation sites (tertiary alicyclic amines) is 1. The minimum atomic E-state index is -0.266. The molecule has 7 heteroatoms.